The maximum Gasteiger partial charge on any atom is 0.256 e. The lowest BCUT2D eigenvalue weighted by Gasteiger charge is -2.25. The molecule has 1 saturated heterocycles. The molecule has 1 atom stereocenters. The van der Waals surface area contributed by atoms with E-state index in [1.807, 2.05) is 19.1 Å². The number of hydrogen-bond donors (Lipinski definition) is 1. The van der Waals surface area contributed by atoms with Gasteiger partial charge >= 0.3 is 0 Å². The number of benzene rings is 2. The number of para-hydroxylation sites is 1. The molecule has 1 N–H and O–H groups in total. The zero-order valence-corrected chi connectivity index (χ0v) is 15.4. The van der Waals surface area contributed by atoms with E-state index in [9.17, 15) is 18.8 Å². The number of nitrogens with zero attached hydrogens (tertiary/aromatic N) is 2. The van der Waals surface area contributed by atoms with E-state index in [1.54, 1.807) is 12.1 Å². The molecule has 0 bridgehead atoms. The molecule has 0 radical (unpaired) electrons. The van der Waals surface area contributed by atoms with Crippen molar-refractivity contribution >= 4 is 29.1 Å². The first-order valence-corrected chi connectivity index (χ1v) is 9.23. The first kappa shape index (κ1) is 18.2. The molecule has 7 heteroatoms. The van der Waals surface area contributed by atoms with Crippen LogP contribution in [0.5, 0.6) is 0 Å². The number of carbonyl (C=O) groups excluding carboxylic acids is 3. The second-order valence-corrected chi connectivity index (χ2v) is 7.11. The summed E-state index contributed by atoms with van der Waals surface area (Å²) in [5, 5.41) is 2.79. The topological polar surface area (TPSA) is 69.7 Å². The Morgan fingerprint density at radius 2 is 2.00 bits per heavy atom. The number of halogens is 1. The van der Waals surface area contributed by atoms with Gasteiger partial charge in [-0.1, -0.05) is 18.2 Å². The molecule has 0 unspecified atom stereocenters. The highest BCUT2D eigenvalue weighted by Gasteiger charge is 2.42. The minimum Gasteiger partial charge on any atom is -0.327 e. The number of fused-ring (bicyclic) bond motifs is 2. The smallest absolute Gasteiger partial charge is 0.256 e. The van der Waals surface area contributed by atoms with Gasteiger partial charge in [-0.3, -0.25) is 14.4 Å². The quantitative estimate of drug-likeness (QED) is 0.889. The standard InChI is InChI=1S/C21H20FN3O3/c1-13-5-2-3-6-16(13)23-19(26)12-25-18-11-14(22)8-9-15(18)20(27)24-10-4-7-17(24)21(25)28/h2-3,5-6,8-9,11,17H,4,7,10,12H2,1H3,(H,23,26)/t17-/m1/s1. The number of amides is 3. The monoisotopic (exact) mass is 381 g/mol. The molecule has 2 aliphatic heterocycles. The summed E-state index contributed by atoms with van der Waals surface area (Å²) in [5.74, 6) is -1.62. The summed E-state index contributed by atoms with van der Waals surface area (Å²) in [6, 6.07) is 10.4. The molecular formula is C21H20FN3O3. The summed E-state index contributed by atoms with van der Waals surface area (Å²) in [5.41, 5.74) is 1.92. The van der Waals surface area contributed by atoms with Crippen LogP contribution < -0.4 is 10.2 Å². The van der Waals surface area contributed by atoms with Gasteiger partial charge < -0.3 is 15.1 Å². The molecule has 2 aromatic rings. The summed E-state index contributed by atoms with van der Waals surface area (Å²) >= 11 is 0. The Bertz CT molecular complexity index is 975. The first-order valence-electron chi connectivity index (χ1n) is 9.23. The Morgan fingerprint density at radius 3 is 2.79 bits per heavy atom. The number of rotatable bonds is 3. The van der Waals surface area contributed by atoms with Gasteiger partial charge in [-0.05, 0) is 49.6 Å². The molecule has 4 rings (SSSR count). The Hall–Kier alpha value is -3.22. The molecule has 3 amide bonds. The highest BCUT2D eigenvalue weighted by atomic mass is 19.1. The van der Waals surface area contributed by atoms with Crippen molar-refractivity contribution < 1.29 is 18.8 Å². The molecule has 0 aromatic heterocycles. The van der Waals surface area contributed by atoms with Gasteiger partial charge in [0.05, 0.1) is 11.3 Å². The summed E-state index contributed by atoms with van der Waals surface area (Å²) in [6.07, 6.45) is 1.26. The largest absolute Gasteiger partial charge is 0.327 e. The summed E-state index contributed by atoms with van der Waals surface area (Å²) < 4.78 is 13.9. The van der Waals surface area contributed by atoms with Crippen molar-refractivity contribution in [2.45, 2.75) is 25.8 Å². The van der Waals surface area contributed by atoms with E-state index in [4.69, 9.17) is 0 Å². The zero-order valence-electron chi connectivity index (χ0n) is 15.4. The summed E-state index contributed by atoms with van der Waals surface area (Å²) in [6.45, 7) is 2.06. The Kier molecular flexibility index (Phi) is 4.58. The van der Waals surface area contributed by atoms with E-state index >= 15 is 0 Å². The van der Waals surface area contributed by atoms with Gasteiger partial charge in [0.25, 0.3) is 5.91 Å². The maximum atomic E-state index is 13.9. The maximum absolute atomic E-state index is 13.9. The Morgan fingerprint density at radius 1 is 1.21 bits per heavy atom. The van der Waals surface area contributed by atoms with Crippen molar-refractivity contribution in [1.82, 2.24) is 4.90 Å². The van der Waals surface area contributed by atoms with Crippen LogP contribution >= 0.6 is 0 Å². The summed E-state index contributed by atoms with van der Waals surface area (Å²) in [4.78, 5) is 41.4. The van der Waals surface area contributed by atoms with Crippen molar-refractivity contribution in [3.05, 3.63) is 59.4 Å². The Labute approximate surface area is 161 Å². The molecular weight excluding hydrogens is 361 g/mol. The van der Waals surface area contributed by atoms with Crippen LogP contribution in [0.1, 0.15) is 28.8 Å². The number of anilines is 2. The van der Waals surface area contributed by atoms with Gasteiger partial charge in [0.15, 0.2) is 0 Å². The third-order valence-electron chi connectivity index (χ3n) is 5.27. The summed E-state index contributed by atoms with van der Waals surface area (Å²) in [7, 11) is 0. The number of carbonyl (C=O) groups is 3. The van der Waals surface area contributed by atoms with Crippen LogP contribution in [0.4, 0.5) is 15.8 Å². The number of hydrogen-bond acceptors (Lipinski definition) is 3. The fourth-order valence-electron chi connectivity index (χ4n) is 3.84. The zero-order chi connectivity index (χ0) is 19.8. The van der Waals surface area contributed by atoms with Crippen LogP contribution in [0, 0.1) is 12.7 Å². The predicted molar refractivity (Wildman–Crippen MR) is 103 cm³/mol. The first-order chi connectivity index (χ1) is 13.5. The van der Waals surface area contributed by atoms with Crippen LogP contribution in [0.2, 0.25) is 0 Å². The lowest BCUT2D eigenvalue weighted by atomic mass is 10.1. The van der Waals surface area contributed by atoms with Gasteiger partial charge in [-0.25, -0.2) is 4.39 Å². The van der Waals surface area contributed by atoms with E-state index in [1.165, 1.54) is 21.9 Å². The number of aryl methyl sites for hydroxylation is 1. The molecule has 1 fully saturated rings. The number of nitrogens with one attached hydrogen (secondary N) is 1. The van der Waals surface area contributed by atoms with Crippen LogP contribution in [-0.2, 0) is 9.59 Å². The van der Waals surface area contributed by atoms with Gasteiger partial charge in [0, 0.05) is 12.2 Å². The average molecular weight is 381 g/mol. The fraction of sp³-hybridized carbons (Fsp3) is 0.286. The van der Waals surface area contributed by atoms with Crippen molar-refractivity contribution in [3.8, 4) is 0 Å². The van der Waals surface area contributed by atoms with E-state index in [2.05, 4.69) is 5.32 Å². The van der Waals surface area contributed by atoms with Crippen molar-refractivity contribution in [2.75, 3.05) is 23.3 Å². The van der Waals surface area contributed by atoms with Gasteiger partial charge in [0.1, 0.15) is 18.4 Å². The predicted octanol–water partition coefficient (Wildman–Crippen LogP) is 2.72. The van der Waals surface area contributed by atoms with Crippen molar-refractivity contribution in [2.24, 2.45) is 0 Å². The molecule has 28 heavy (non-hydrogen) atoms. The molecule has 0 saturated carbocycles. The third-order valence-corrected chi connectivity index (χ3v) is 5.27. The van der Waals surface area contributed by atoms with E-state index < -0.39 is 17.8 Å². The van der Waals surface area contributed by atoms with Gasteiger partial charge in [-0.2, -0.15) is 0 Å². The molecule has 6 nitrogen and oxygen atoms in total. The molecule has 2 aliphatic rings. The molecule has 0 aliphatic carbocycles. The lowest BCUT2D eigenvalue weighted by Crippen LogP contribution is -2.47. The van der Waals surface area contributed by atoms with Crippen LogP contribution in [0.25, 0.3) is 0 Å². The average Bonchev–Trinajstić information content (AvgIpc) is 3.14. The normalized spacial score (nSPS) is 18.6. The van der Waals surface area contributed by atoms with Crippen LogP contribution in [-0.4, -0.2) is 41.8 Å². The molecule has 144 valence electrons. The fourth-order valence-corrected chi connectivity index (χ4v) is 3.84. The third kappa shape index (κ3) is 3.13. The van der Waals surface area contributed by atoms with Crippen LogP contribution in [0.15, 0.2) is 42.5 Å². The highest BCUT2D eigenvalue weighted by Crippen LogP contribution is 2.33. The van der Waals surface area contributed by atoms with Crippen molar-refractivity contribution in [1.29, 1.82) is 0 Å². The van der Waals surface area contributed by atoms with E-state index in [0.717, 1.165) is 18.1 Å². The molecule has 2 aromatic carbocycles. The van der Waals surface area contributed by atoms with Gasteiger partial charge in [0.2, 0.25) is 11.8 Å². The minimum absolute atomic E-state index is 0.143. The SMILES string of the molecule is Cc1ccccc1NC(=O)CN1C(=O)[C@H]2CCCN2C(=O)c2ccc(F)cc21. The van der Waals surface area contributed by atoms with Crippen LogP contribution in [0.3, 0.4) is 0 Å². The molecule has 2 heterocycles. The second-order valence-electron chi connectivity index (χ2n) is 7.11. The highest BCUT2D eigenvalue weighted by molar-refractivity contribution is 6.13. The van der Waals surface area contributed by atoms with Crippen molar-refractivity contribution in [3.63, 3.8) is 0 Å². The van der Waals surface area contributed by atoms with E-state index in [0.29, 0.717) is 18.7 Å². The minimum atomic E-state index is -0.616. The van der Waals surface area contributed by atoms with E-state index in [-0.39, 0.29) is 29.6 Å². The molecule has 0 spiro atoms. The lowest BCUT2D eigenvalue weighted by molar-refractivity contribution is -0.124. The Balaban J connectivity index is 1.68. The second kappa shape index (κ2) is 7.07. The van der Waals surface area contributed by atoms with Gasteiger partial charge in [-0.15, -0.1) is 0 Å².